The Labute approximate surface area is 317 Å². The van der Waals surface area contributed by atoms with E-state index in [1.165, 1.54) is 38.2 Å². The number of nitro groups is 1. The van der Waals surface area contributed by atoms with Gasteiger partial charge in [0.2, 0.25) is 11.6 Å². The van der Waals surface area contributed by atoms with E-state index in [0.29, 0.717) is 61.7 Å². The summed E-state index contributed by atoms with van der Waals surface area (Å²) in [7, 11) is -3.08. The largest absolute Gasteiger partial charge is 0.490 e. The lowest BCUT2D eigenvalue weighted by Crippen LogP contribution is -2.41. The van der Waals surface area contributed by atoms with Gasteiger partial charge in [-0.3, -0.25) is 15.5 Å². The second-order valence-corrected chi connectivity index (χ2v) is 18.0. The number of methoxy groups -OCH3 is 1. The molecule has 2 saturated heterocycles. The predicted molar refractivity (Wildman–Crippen MR) is 198 cm³/mol. The van der Waals surface area contributed by atoms with E-state index >= 15 is 8.78 Å². The maximum atomic E-state index is 15.9. The van der Waals surface area contributed by atoms with Gasteiger partial charge in [0.25, 0.3) is 0 Å². The summed E-state index contributed by atoms with van der Waals surface area (Å²) in [6, 6.07) is 4.33. The predicted octanol–water partition coefficient (Wildman–Crippen LogP) is 6.72. The van der Waals surface area contributed by atoms with Gasteiger partial charge in [-0.1, -0.05) is 32.1 Å². The summed E-state index contributed by atoms with van der Waals surface area (Å²) in [6.45, 7) is 6.34. The van der Waals surface area contributed by atoms with Crippen LogP contribution in [0, 0.1) is 39.4 Å². The van der Waals surface area contributed by atoms with Gasteiger partial charge in [0, 0.05) is 30.6 Å². The summed E-state index contributed by atoms with van der Waals surface area (Å²) >= 11 is 0.885. The molecule has 0 spiro atoms. The summed E-state index contributed by atoms with van der Waals surface area (Å²) in [4.78, 5) is 21.3. The van der Waals surface area contributed by atoms with Crippen molar-refractivity contribution in [1.29, 1.82) is 0 Å². The van der Waals surface area contributed by atoms with Crippen LogP contribution in [-0.2, 0) is 19.3 Å². The molecule has 0 bridgehead atoms. The van der Waals surface area contributed by atoms with Crippen molar-refractivity contribution in [2.45, 2.75) is 97.6 Å². The number of nitrogens with zero attached hydrogens (tertiary/aromatic N) is 4. The Hall–Kier alpha value is -3.71. The normalized spacial score (nSPS) is 21.8. The number of morpholine rings is 1. The fourth-order valence-corrected chi connectivity index (χ4v) is 9.98. The first-order valence-electron chi connectivity index (χ1n) is 18.1. The van der Waals surface area contributed by atoms with Crippen LogP contribution in [0.25, 0.3) is 0 Å². The molecule has 0 radical (unpaired) electrons. The van der Waals surface area contributed by atoms with E-state index in [1.54, 1.807) is 7.11 Å². The first-order chi connectivity index (χ1) is 25.7. The number of hydrogen-bond acceptors (Lipinski definition) is 13. The maximum Gasteiger partial charge on any atom is 0.308 e. The number of rotatable bonds is 11. The molecule has 3 aliphatic rings. The Balaban J connectivity index is 1.32. The molecular formula is C36H46F3N7O6S2. The first-order valence-corrected chi connectivity index (χ1v) is 20.4. The average molecular weight is 794 g/mol. The van der Waals surface area contributed by atoms with E-state index in [9.17, 15) is 22.9 Å². The third kappa shape index (κ3) is 8.12. The number of nitrogens with one attached hydrogen (secondary N) is 3. The highest BCUT2D eigenvalue weighted by Crippen LogP contribution is 2.43. The third-order valence-corrected chi connectivity index (χ3v) is 14.1. The highest BCUT2D eigenvalue weighted by molar-refractivity contribution is 7.99. The SMILES string of the molecule is COc1c(NC2NNC(C)C2C2CCCCCCC2)nc(Sc2ccc(S(=O)(=O)C(C)(C)c3cc(F)cc([N+](=O)[O-])c3F)cc2F)nc1N1CCOCC1. The van der Waals surface area contributed by atoms with Gasteiger partial charge in [0.05, 0.1) is 52.0 Å². The van der Waals surface area contributed by atoms with Crippen LogP contribution in [0.1, 0.15) is 71.3 Å². The van der Waals surface area contributed by atoms with E-state index in [2.05, 4.69) is 23.1 Å². The van der Waals surface area contributed by atoms with Crippen molar-refractivity contribution in [2.75, 3.05) is 43.6 Å². The number of hydrogen-bond donors (Lipinski definition) is 3. The maximum absolute atomic E-state index is 15.9. The van der Waals surface area contributed by atoms with Crippen LogP contribution >= 0.6 is 11.8 Å². The monoisotopic (exact) mass is 793 g/mol. The highest BCUT2D eigenvalue weighted by atomic mass is 32.2. The van der Waals surface area contributed by atoms with E-state index in [0.717, 1.165) is 50.6 Å². The van der Waals surface area contributed by atoms with Crippen molar-refractivity contribution >= 4 is 38.9 Å². The van der Waals surface area contributed by atoms with Gasteiger partial charge in [0.15, 0.2) is 26.6 Å². The lowest BCUT2D eigenvalue weighted by Gasteiger charge is -2.33. The van der Waals surface area contributed by atoms with Crippen LogP contribution in [-0.4, -0.2) is 68.9 Å². The van der Waals surface area contributed by atoms with Crippen molar-refractivity contribution in [3.63, 3.8) is 0 Å². The van der Waals surface area contributed by atoms with Crippen LogP contribution in [0.4, 0.5) is 30.5 Å². The number of hydrazine groups is 1. The van der Waals surface area contributed by atoms with Crippen LogP contribution in [0.15, 0.2) is 45.3 Å². The van der Waals surface area contributed by atoms with E-state index in [1.807, 2.05) is 4.90 Å². The van der Waals surface area contributed by atoms with Crippen molar-refractivity contribution in [3.8, 4) is 5.75 Å². The second kappa shape index (κ2) is 16.6. The molecule has 0 amide bonds. The fourth-order valence-electron chi connectivity index (χ4n) is 7.69. The van der Waals surface area contributed by atoms with E-state index in [4.69, 9.17) is 19.4 Å². The Bertz CT molecular complexity index is 1960. The standard InChI is InChI=1S/C36H46F3N7O6S2/c1-21-29(22-10-8-6-5-7-9-11-22)32(44-43-21)40-33-31(51-4)34(45-14-16-52-17-15-45)42-35(41-33)53-28-13-12-24(20-26(28)38)54(49,50)36(2,3)25-18-23(37)19-27(30(25)39)46(47)48/h12-13,18-22,29,32,43-44H,5-11,14-17H2,1-4H3,(H,40,41,42). The number of sulfone groups is 1. The molecule has 1 saturated carbocycles. The zero-order valence-electron chi connectivity index (χ0n) is 30.7. The molecule has 3 N–H and O–H groups in total. The smallest absolute Gasteiger partial charge is 0.308 e. The molecule has 3 atom stereocenters. The minimum atomic E-state index is -4.63. The van der Waals surface area contributed by atoms with Gasteiger partial charge in [-0.15, -0.1) is 0 Å². The quantitative estimate of drug-likeness (QED) is 0.107. The molecule has 1 aromatic heterocycles. The number of aromatic nitrogens is 2. The Morgan fingerprint density at radius 2 is 1.72 bits per heavy atom. The Kier molecular flexibility index (Phi) is 12.3. The number of benzene rings is 2. The lowest BCUT2D eigenvalue weighted by molar-refractivity contribution is -0.387. The average Bonchev–Trinajstić information content (AvgIpc) is 3.48. The molecule has 13 nitrogen and oxygen atoms in total. The third-order valence-electron chi connectivity index (χ3n) is 10.7. The molecule has 294 valence electrons. The number of ether oxygens (including phenoxy) is 2. The molecule has 6 rings (SSSR count). The Morgan fingerprint density at radius 3 is 2.37 bits per heavy atom. The molecule has 2 aliphatic heterocycles. The summed E-state index contributed by atoms with van der Waals surface area (Å²) < 4.78 is 82.3. The highest BCUT2D eigenvalue weighted by Gasteiger charge is 2.43. The second-order valence-electron chi connectivity index (χ2n) is 14.4. The van der Waals surface area contributed by atoms with Gasteiger partial charge in [-0.25, -0.2) is 32.6 Å². The minimum Gasteiger partial charge on any atom is -0.490 e. The van der Waals surface area contributed by atoms with Gasteiger partial charge < -0.3 is 19.7 Å². The zero-order chi connectivity index (χ0) is 38.8. The number of halogens is 3. The summed E-state index contributed by atoms with van der Waals surface area (Å²) in [5, 5.41) is 15.1. The zero-order valence-corrected chi connectivity index (χ0v) is 32.3. The van der Waals surface area contributed by atoms with Crippen molar-refractivity contribution in [1.82, 2.24) is 20.8 Å². The lowest BCUT2D eigenvalue weighted by atomic mass is 9.78. The van der Waals surface area contributed by atoms with Gasteiger partial charge in [-0.2, -0.15) is 4.39 Å². The minimum absolute atomic E-state index is 0.00468. The molecule has 18 heteroatoms. The van der Waals surface area contributed by atoms with Crippen LogP contribution < -0.4 is 25.8 Å². The topological polar surface area (TPSA) is 161 Å². The molecule has 1 aliphatic carbocycles. The van der Waals surface area contributed by atoms with Crippen molar-refractivity contribution < 1.29 is 36.0 Å². The van der Waals surface area contributed by atoms with Crippen LogP contribution in [0.5, 0.6) is 5.75 Å². The first kappa shape index (κ1) is 40.0. The molecule has 2 aromatic carbocycles. The molecule has 54 heavy (non-hydrogen) atoms. The van der Waals surface area contributed by atoms with Crippen LogP contribution in [0.3, 0.4) is 0 Å². The summed E-state index contributed by atoms with van der Waals surface area (Å²) in [5.74, 6) is -1.54. The fraction of sp³-hybridized carbons (Fsp3) is 0.556. The number of nitro benzene ring substituents is 1. The van der Waals surface area contributed by atoms with Crippen LogP contribution in [0.2, 0.25) is 0 Å². The van der Waals surface area contributed by atoms with Crippen molar-refractivity contribution in [2.24, 2.45) is 11.8 Å². The molecule has 3 fully saturated rings. The van der Waals surface area contributed by atoms with Crippen molar-refractivity contribution in [3.05, 3.63) is 63.5 Å². The molecular weight excluding hydrogens is 748 g/mol. The van der Waals surface area contributed by atoms with Gasteiger partial charge >= 0.3 is 5.69 Å². The van der Waals surface area contributed by atoms with Gasteiger partial charge in [-0.05, 0) is 75.6 Å². The molecule has 3 unspecified atom stereocenters. The molecule has 3 heterocycles. The molecule has 3 aromatic rings. The summed E-state index contributed by atoms with van der Waals surface area (Å²) in [6.07, 6.45) is 8.19. The Morgan fingerprint density at radius 1 is 1.04 bits per heavy atom. The number of anilines is 2. The van der Waals surface area contributed by atoms with Gasteiger partial charge in [0.1, 0.15) is 11.6 Å². The summed E-state index contributed by atoms with van der Waals surface area (Å²) in [5.41, 5.74) is 4.86. The van der Waals surface area contributed by atoms with E-state index in [-0.39, 0.29) is 28.2 Å². The van der Waals surface area contributed by atoms with E-state index < -0.39 is 53.1 Å².